The van der Waals surface area contributed by atoms with E-state index in [2.05, 4.69) is 23.4 Å². The standard InChI is InChI=1S/C12H12N2O2/c1-9(3-4-10(2)15)13-14-11-5-7-12(16)8-6-11/h3-8,15-16H,1-2H2/b4-3-,14-13?. The zero-order valence-corrected chi connectivity index (χ0v) is 8.67. The molecule has 1 aromatic rings. The number of benzene rings is 1. The highest BCUT2D eigenvalue weighted by atomic mass is 16.3. The van der Waals surface area contributed by atoms with Crippen LogP contribution < -0.4 is 0 Å². The van der Waals surface area contributed by atoms with Gasteiger partial charge in [-0.15, -0.1) is 0 Å². The predicted octanol–water partition coefficient (Wildman–Crippen LogP) is 3.62. The van der Waals surface area contributed by atoms with Crippen LogP contribution in [0.5, 0.6) is 5.75 Å². The van der Waals surface area contributed by atoms with Gasteiger partial charge in [-0.1, -0.05) is 13.2 Å². The van der Waals surface area contributed by atoms with Crippen molar-refractivity contribution in [2.24, 2.45) is 10.2 Å². The van der Waals surface area contributed by atoms with Crippen molar-refractivity contribution < 1.29 is 10.2 Å². The first kappa shape index (κ1) is 11.7. The highest BCUT2D eigenvalue weighted by molar-refractivity contribution is 5.40. The molecule has 4 heteroatoms. The van der Waals surface area contributed by atoms with Crippen molar-refractivity contribution in [2.45, 2.75) is 0 Å². The van der Waals surface area contributed by atoms with E-state index in [1.807, 2.05) is 0 Å². The molecule has 0 aliphatic heterocycles. The summed E-state index contributed by atoms with van der Waals surface area (Å²) in [6.07, 6.45) is 2.87. The van der Waals surface area contributed by atoms with E-state index in [9.17, 15) is 0 Å². The smallest absolute Gasteiger partial charge is 0.115 e. The molecule has 0 heterocycles. The quantitative estimate of drug-likeness (QED) is 0.458. The van der Waals surface area contributed by atoms with Gasteiger partial charge in [0.1, 0.15) is 11.5 Å². The van der Waals surface area contributed by atoms with Crippen LogP contribution in [0.2, 0.25) is 0 Å². The molecule has 0 fully saturated rings. The molecular weight excluding hydrogens is 204 g/mol. The van der Waals surface area contributed by atoms with Gasteiger partial charge in [0.15, 0.2) is 0 Å². The van der Waals surface area contributed by atoms with Crippen LogP contribution in [0.15, 0.2) is 71.3 Å². The zero-order valence-electron chi connectivity index (χ0n) is 8.67. The fraction of sp³-hybridized carbons (Fsp3) is 0. The third-order valence-electron chi connectivity index (χ3n) is 1.61. The molecular formula is C12H12N2O2. The van der Waals surface area contributed by atoms with Gasteiger partial charge >= 0.3 is 0 Å². The molecule has 0 saturated heterocycles. The second-order valence-corrected chi connectivity index (χ2v) is 3.03. The van der Waals surface area contributed by atoms with Crippen LogP contribution in [0.25, 0.3) is 0 Å². The van der Waals surface area contributed by atoms with Crippen molar-refractivity contribution >= 4 is 5.69 Å². The maximum Gasteiger partial charge on any atom is 0.115 e. The number of phenolic OH excluding ortho intramolecular Hbond substituents is 1. The third kappa shape index (κ3) is 4.23. The van der Waals surface area contributed by atoms with Crippen molar-refractivity contribution in [1.29, 1.82) is 0 Å². The molecule has 82 valence electrons. The van der Waals surface area contributed by atoms with Crippen LogP contribution in [-0.2, 0) is 0 Å². The summed E-state index contributed by atoms with van der Waals surface area (Å²) in [6, 6.07) is 6.28. The summed E-state index contributed by atoms with van der Waals surface area (Å²) >= 11 is 0. The number of allylic oxidation sites excluding steroid dienone is 2. The number of azo groups is 1. The van der Waals surface area contributed by atoms with Crippen molar-refractivity contribution in [2.75, 3.05) is 0 Å². The van der Waals surface area contributed by atoms with Crippen molar-refractivity contribution in [3.63, 3.8) is 0 Å². The fourth-order valence-corrected chi connectivity index (χ4v) is 0.867. The lowest BCUT2D eigenvalue weighted by atomic mass is 10.3. The fourth-order valence-electron chi connectivity index (χ4n) is 0.867. The molecule has 4 nitrogen and oxygen atoms in total. The van der Waals surface area contributed by atoms with Gasteiger partial charge in [-0.2, -0.15) is 10.2 Å². The van der Waals surface area contributed by atoms with E-state index in [0.29, 0.717) is 11.4 Å². The lowest BCUT2D eigenvalue weighted by Gasteiger charge is -1.93. The Labute approximate surface area is 93.6 Å². The first-order chi connectivity index (χ1) is 7.58. The van der Waals surface area contributed by atoms with Crippen LogP contribution in [0.4, 0.5) is 5.69 Å². The molecule has 0 spiro atoms. The van der Waals surface area contributed by atoms with E-state index in [0.717, 1.165) is 0 Å². The minimum atomic E-state index is -0.0685. The van der Waals surface area contributed by atoms with E-state index in [-0.39, 0.29) is 11.5 Å². The van der Waals surface area contributed by atoms with Crippen LogP contribution in [-0.4, -0.2) is 10.2 Å². The third-order valence-corrected chi connectivity index (χ3v) is 1.61. The number of hydrogen-bond acceptors (Lipinski definition) is 4. The van der Waals surface area contributed by atoms with Crippen LogP contribution in [0.1, 0.15) is 0 Å². The normalized spacial score (nSPS) is 11.0. The van der Waals surface area contributed by atoms with Crippen molar-refractivity contribution in [3.8, 4) is 5.75 Å². The van der Waals surface area contributed by atoms with Crippen molar-refractivity contribution in [1.82, 2.24) is 0 Å². The maximum absolute atomic E-state index is 9.04. The van der Waals surface area contributed by atoms with Gasteiger partial charge in [0.25, 0.3) is 0 Å². The number of rotatable bonds is 4. The van der Waals surface area contributed by atoms with Crippen LogP contribution in [0, 0.1) is 0 Å². The highest BCUT2D eigenvalue weighted by Crippen LogP contribution is 2.17. The van der Waals surface area contributed by atoms with Crippen LogP contribution >= 0.6 is 0 Å². The van der Waals surface area contributed by atoms with Gasteiger partial charge in [0, 0.05) is 0 Å². The Kier molecular flexibility index (Phi) is 4.03. The summed E-state index contributed by atoms with van der Waals surface area (Å²) in [6.45, 7) is 6.89. The van der Waals surface area contributed by atoms with Gasteiger partial charge in [0.05, 0.1) is 11.4 Å². The first-order valence-electron chi connectivity index (χ1n) is 4.53. The molecule has 0 aliphatic rings. The number of nitrogens with zero attached hydrogens (tertiary/aromatic N) is 2. The molecule has 2 N–H and O–H groups in total. The molecule has 1 aromatic carbocycles. The molecule has 1 rings (SSSR count). The van der Waals surface area contributed by atoms with Gasteiger partial charge in [-0.3, -0.25) is 0 Å². The first-order valence-corrected chi connectivity index (χ1v) is 4.53. The Bertz CT molecular complexity index is 445. The maximum atomic E-state index is 9.04. The van der Waals surface area contributed by atoms with Gasteiger partial charge in [0.2, 0.25) is 0 Å². The predicted molar refractivity (Wildman–Crippen MR) is 62.7 cm³/mol. The number of aromatic hydroxyl groups is 1. The summed E-state index contributed by atoms with van der Waals surface area (Å²) in [5.41, 5.74) is 0.999. The van der Waals surface area contributed by atoms with Gasteiger partial charge < -0.3 is 10.2 Å². The second kappa shape index (κ2) is 5.50. The number of phenols is 1. The minimum Gasteiger partial charge on any atom is -0.509 e. The van der Waals surface area contributed by atoms with E-state index in [1.54, 1.807) is 12.1 Å². The van der Waals surface area contributed by atoms with Crippen molar-refractivity contribution in [3.05, 3.63) is 61.0 Å². The minimum absolute atomic E-state index is 0.0685. The Hall–Kier alpha value is -2.36. The van der Waals surface area contributed by atoms with E-state index in [1.165, 1.54) is 24.3 Å². The Balaban J connectivity index is 2.63. The highest BCUT2D eigenvalue weighted by Gasteiger charge is 1.90. The summed E-state index contributed by atoms with van der Waals surface area (Å²) < 4.78 is 0. The molecule has 16 heavy (non-hydrogen) atoms. The number of aliphatic hydroxyl groups excluding tert-OH is 1. The van der Waals surface area contributed by atoms with Gasteiger partial charge in [-0.05, 0) is 36.4 Å². The zero-order chi connectivity index (χ0) is 12.0. The van der Waals surface area contributed by atoms with Gasteiger partial charge in [-0.25, -0.2) is 0 Å². The van der Waals surface area contributed by atoms with E-state index >= 15 is 0 Å². The monoisotopic (exact) mass is 216 g/mol. The van der Waals surface area contributed by atoms with E-state index < -0.39 is 0 Å². The lowest BCUT2D eigenvalue weighted by Crippen LogP contribution is -1.70. The molecule has 0 atom stereocenters. The largest absolute Gasteiger partial charge is 0.509 e. The SMILES string of the molecule is C=C(O)/C=C\C(=C)N=Nc1ccc(O)cc1. The topological polar surface area (TPSA) is 65.2 Å². The summed E-state index contributed by atoms with van der Waals surface area (Å²) in [5, 5.41) is 25.5. The lowest BCUT2D eigenvalue weighted by molar-refractivity contribution is 0.435. The molecule has 0 aromatic heterocycles. The molecule has 0 radical (unpaired) electrons. The molecule has 0 aliphatic carbocycles. The summed E-state index contributed by atoms with van der Waals surface area (Å²) in [7, 11) is 0. The molecule has 0 saturated carbocycles. The molecule has 0 amide bonds. The van der Waals surface area contributed by atoms with Crippen LogP contribution in [0.3, 0.4) is 0 Å². The Morgan fingerprint density at radius 2 is 1.75 bits per heavy atom. The summed E-state index contributed by atoms with van der Waals surface area (Å²) in [4.78, 5) is 0. The summed E-state index contributed by atoms with van der Waals surface area (Å²) in [5.74, 6) is 0.107. The average molecular weight is 216 g/mol. The molecule has 0 bridgehead atoms. The molecule has 0 unspecified atom stereocenters. The Morgan fingerprint density at radius 1 is 1.12 bits per heavy atom. The number of aliphatic hydroxyl groups is 1. The average Bonchev–Trinajstić information content (AvgIpc) is 2.25. The second-order valence-electron chi connectivity index (χ2n) is 3.03. The van der Waals surface area contributed by atoms with E-state index in [4.69, 9.17) is 10.2 Å². The Morgan fingerprint density at radius 3 is 2.31 bits per heavy atom. The number of hydrogen-bond donors (Lipinski definition) is 2.